The molecule has 0 aliphatic carbocycles. The highest BCUT2D eigenvalue weighted by molar-refractivity contribution is 5.94. The van der Waals surface area contributed by atoms with E-state index in [0.29, 0.717) is 18.1 Å². The Morgan fingerprint density at radius 2 is 1.48 bits per heavy atom. The number of aryl methyl sites for hydroxylation is 1. The molecule has 156 valence electrons. The van der Waals surface area contributed by atoms with Gasteiger partial charge in [-0.2, -0.15) is 0 Å². The second-order valence-corrected chi connectivity index (χ2v) is 7.08. The molecule has 1 aliphatic heterocycles. The second-order valence-electron chi connectivity index (χ2n) is 7.08. The van der Waals surface area contributed by atoms with E-state index < -0.39 is 0 Å². The van der Waals surface area contributed by atoms with Crippen molar-refractivity contribution >= 4 is 5.91 Å². The van der Waals surface area contributed by atoms with Crippen molar-refractivity contribution in [3.05, 3.63) is 53.6 Å². The van der Waals surface area contributed by atoms with Gasteiger partial charge in [0, 0.05) is 56.5 Å². The van der Waals surface area contributed by atoms with Crippen LogP contribution in [0.1, 0.15) is 22.8 Å². The molecular weight excluding hydrogens is 368 g/mol. The zero-order valence-corrected chi connectivity index (χ0v) is 17.5. The number of carbonyl (C=O) groups excluding carboxylic acids is 1. The normalized spacial score (nSPS) is 14.5. The summed E-state index contributed by atoms with van der Waals surface area (Å²) in [6, 6.07) is 13.5. The van der Waals surface area contributed by atoms with Crippen LogP contribution in [-0.4, -0.2) is 69.3 Å². The molecule has 0 radical (unpaired) electrons. The molecule has 1 fully saturated rings. The molecule has 1 amide bonds. The molecule has 29 heavy (non-hydrogen) atoms. The minimum atomic E-state index is 0.118. The zero-order valence-electron chi connectivity index (χ0n) is 17.5. The van der Waals surface area contributed by atoms with Crippen LogP contribution >= 0.6 is 0 Å². The summed E-state index contributed by atoms with van der Waals surface area (Å²) in [6.45, 7) is 6.68. The summed E-state index contributed by atoms with van der Waals surface area (Å²) >= 11 is 0. The summed E-state index contributed by atoms with van der Waals surface area (Å²) in [7, 11) is 3.25. The number of ether oxygens (including phenoxy) is 3. The van der Waals surface area contributed by atoms with Crippen LogP contribution in [-0.2, 0) is 6.42 Å². The van der Waals surface area contributed by atoms with E-state index in [4.69, 9.17) is 14.2 Å². The van der Waals surface area contributed by atoms with Gasteiger partial charge in [0.25, 0.3) is 5.91 Å². The van der Waals surface area contributed by atoms with E-state index in [1.807, 2.05) is 47.4 Å². The maximum atomic E-state index is 12.7. The average molecular weight is 399 g/mol. The first kappa shape index (κ1) is 21.0. The Balaban J connectivity index is 1.44. The van der Waals surface area contributed by atoms with Crippen LogP contribution in [0.3, 0.4) is 0 Å². The molecule has 0 saturated carbocycles. The van der Waals surface area contributed by atoms with Crippen molar-refractivity contribution in [1.82, 2.24) is 9.80 Å². The highest BCUT2D eigenvalue weighted by atomic mass is 16.5. The molecule has 0 atom stereocenters. The summed E-state index contributed by atoms with van der Waals surface area (Å²) in [4.78, 5) is 16.9. The van der Waals surface area contributed by atoms with Gasteiger partial charge in [0.1, 0.15) is 23.9 Å². The van der Waals surface area contributed by atoms with Crippen molar-refractivity contribution in [3.8, 4) is 17.2 Å². The van der Waals surface area contributed by atoms with E-state index in [1.165, 1.54) is 5.56 Å². The molecule has 1 heterocycles. The lowest BCUT2D eigenvalue weighted by molar-refractivity contribution is 0.0620. The standard InChI is InChI=1S/C23H30N2O4/c1-4-18-5-7-19(8-6-18)23(26)25-11-9-24(10-12-25)13-14-29-22-16-20(27-2)15-21(17-22)28-3/h5-8,15-17H,4,9-14H2,1-3H3. The van der Waals surface area contributed by atoms with E-state index in [0.717, 1.165) is 50.5 Å². The first-order valence-corrected chi connectivity index (χ1v) is 10.1. The molecule has 0 spiro atoms. The molecule has 0 N–H and O–H groups in total. The molecule has 1 saturated heterocycles. The van der Waals surface area contributed by atoms with E-state index in [2.05, 4.69) is 11.8 Å². The number of rotatable bonds is 8. The van der Waals surface area contributed by atoms with Crippen LogP contribution in [0, 0.1) is 0 Å². The average Bonchev–Trinajstić information content (AvgIpc) is 2.78. The van der Waals surface area contributed by atoms with Crippen molar-refractivity contribution in [3.63, 3.8) is 0 Å². The second kappa shape index (κ2) is 10.2. The van der Waals surface area contributed by atoms with E-state index in [9.17, 15) is 4.79 Å². The largest absolute Gasteiger partial charge is 0.496 e. The fraction of sp³-hybridized carbons (Fsp3) is 0.435. The maximum absolute atomic E-state index is 12.7. The number of methoxy groups -OCH3 is 2. The number of hydrogen-bond acceptors (Lipinski definition) is 5. The van der Waals surface area contributed by atoms with Crippen LogP contribution in [0.25, 0.3) is 0 Å². The lowest BCUT2D eigenvalue weighted by Gasteiger charge is -2.34. The van der Waals surface area contributed by atoms with Gasteiger partial charge >= 0.3 is 0 Å². The summed E-state index contributed by atoms with van der Waals surface area (Å²) in [6.07, 6.45) is 0.984. The molecule has 0 unspecified atom stereocenters. The monoisotopic (exact) mass is 398 g/mol. The molecule has 2 aromatic carbocycles. The van der Waals surface area contributed by atoms with Gasteiger partial charge in [-0.15, -0.1) is 0 Å². The predicted octanol–water partition coefficient (Wildman–Crippen LogP) is 3.10. The van der Waals surface area contributed by atoms with Crippen LogP contribution in [0.15, 0.2) is 42.5 Å². The van der Waals surface area contributed by atoms with Crippen LogP contribution in [0.5, 0.6) is 17.2 Å². The van der Waals surface area contributed by atoms with Crippen molar-refractivity contribution in [2.75, 3.05) is 53.6 Å². The lowest BCUT2D eigenvalue weighted by atomic mass is 10.1. The SMILES string of the molecule is CCc1ccc(C(=O)N2CCN(CCOc3cc(OC)cc(OC)c3)CC2)cc1. The maximum Gasteiger partial charge on any atom is 0.253 e. The highest BCUT2D eigenvalue weighted by Crippen LogP contribution is 2.27. The molecule has 0 bridgehead atoms. The number of amides is 1. The number of carbonyl (C=O) groups is 1. The van der Waals surface area contributed by atoms with E-state index in [-0.39, 0.29) is 5.91 Å². The predicted molar refractivity (Wildman–Crippen MR) is 113 cm³/mol. The van der Waals surface area contributed by atoms with Gasteiger partial charge in [0.2, 0.25) is 0 Å². The van der Waals surface area contributed by atoms with Gasteiger partial charge in [0.05, 0.1) is 14.2 Å². The van der Waals surface area contributed by atoms with Gasteiger partial charge in [-0.05, 0) is 24.1 Å². The van der Waals surface area contributed by atoms with Gasteiger partial charge in [-0.1, -0.05) is 19.1 Å². The molecule has 1 aliphatic rings. The Morgan fingerprint density at radius 1 is 0.897 bits per heavy atom. The highest BCUT2D eigenvalue weighted by Gasteiger charge is 2.22. The molecule has 3 rings (SSSR count). The minimum Gasteiger partial charge on any atom is -0.496 e. The Kier molecular flexibility index (Phi) is 7.36. The van der Waals surface area contributed by atoms with Gasteiger partial charge < -0.3 is 19.1 Å². The van der Waals surface area contributed by atoms with Gasteiger partial charge in [-0.3, -0.25) is 9.69 Å². The quantitative estimate of drug-likeness (QED) is 0.684. The molecule has 2 aromatic rings. The summed E-state index contributed by atoms with van der Waals surface area (Å²) < 4.78 is 16.4. The van der Waals surface area contributed by atoms with Crippen LogP contribution in [0.2, 0.25) is 0 Å². The Hall–Kier alpha value is -2.73. The summed E-state index contributed by atoms with van der Waals surface area (Å²) in [5.41, 5.74) is 2.02. The third-order valence-electron chi connectivity index (χ3n) is 5.27. The fourth-order valence-electron chi connectivity index (χ4n) is 3.40. The summed E-state index contributed by atoms with van der Waals surface area (Å²) in [5.74, 6) is 2.26. The Labute approximate surface area is 173 Å². The molecule has 6 nitrogen and oxygen atoms in total. The van der Waals surface area contributed by atoms with Crippen LogP contribution in [0.4, 0.5) is 0 Å². The third-order valence-corrected chi connectivity index (χ3v) is 5.27. The Morgan fingerprint density at radius 3 is 2.03 bits per heavy atom. The topological polar surface area (TPSA) is 51.2 Å². The number of hydrogen-bond donors (Lipinski definition) is 0. The van der Waals surface area contributed by atoms with Gasteiger partial charge in [0.15, 0.2) is 0 Å². The van der Waals surface area contributed by atoms with Gasteiger partial charge in [-0.25, -0.2) is 0 Å². The zero-order chi connectivity index (χ0) is 20.6. The van der Waals surface area contributed by atoms with Crippen molar-refractivity contribution in [2.45, 2.75) is 13.3 Å². The fourth-order valence-corrected chi connectivity index (χ4v) is 3.40. The van der Waals surface area contributed by atoms with Crippen molar-refractivity contribution in [1.29, 1.82) is 0 Å². The lowest BCUT2D eigenvalue weighted by Crippen LogP contribution is -2.49. The minimum absolute atomic E-state index is 0.118. The number of nitrogens with zero attached hydrogens (tertiary/aromatic N) is 2. The van der Waals surface area contributed by atoms with Crippen molar-refractivity contribution in [2.24, 2.45) is 0 Å². The number of benzene rings is 2. The van der Waals surface area contributed by atoms with Crippen LogP contribution < -0.4 is 14.2 Å². The van der Waals surface area contributed by atoms with E-state index >= 15 is 0 Å². The molecule has 0 aromatic heterocycles. The van der Waals surface area contributed by atoms with E-state index in [1.54, 1.807) is 14.2 Å². The third kappa shape index (κ3) is 5.64. The first-order valence-electron chi connectivity index (χ1n) is 10.1. The Bertz CT molecular complexity index is 777. The number of piperazine rings is 1. The summed E-state index contributed by atoms with van der Waals surface area (Å²) in [5, 5.41) is 0. The molecule has 6 heteroatoms. The van der Waals surface area contributed by atoms with Crippen molar-refractivity contribution < 1.29 is 19.0 Å². The molecular formula is C23H30N2O4. The first-order chi connectivity index (χ1) is 14.1. The smallest absolute Gasteiger partial charge is 0.253 e.